The van der Waals surface area contributed by atoms with Gasteiger partial charge in [0, 0.05) is 31.7 Å². The van der Waals surface area contributed by atoms with Crippen LogP contribution in [0.2, 0.25) is 0 Å². The third-order valence-electron chi connectivity index (χ3n) is 13.2. The van der Waals surface area contributed by atoms with Crippen LogP contribution in [0.25, 0.3) is 0 Å². The average molecular weight is 1290 g/mol. The number of carbonyl (C=O) groups excluding carboxylic acids is 10. The molecule has 35 heteroatoms. The third kappa shape index (κ3) is 28.8. The van der Waals surface area contributed by atoms with Crippen molar-refractivity contribution in [3.8, 4) is 11.5 Å². The Morgan fingerprint density at radius 1 is 0.467 bits per heavy atom. The molecule has 0 aliphatic carbocycles. The molecule has 0 unspecified atom stereocenters. The number of hydrogen-bond acceptors (Lipinski definition) is 20. The fraction of sp³-hybridized carbons (Fsp3) is 0.545. The fourth-order valence-electron chi connectivity index (χ4n) is 8.38. The number of amides is 10. The molecule has 0 fully saturated rings. The SMILES string of the molecule is CC(C)C[C@H](NC(=O)[C@H](CCCNC(=N)N)NC(=O)[C@@H](NC(=O)[C@@H](NC(=O)[C@@H](NC(=O)[C@@H](N)CS)[C@@H](C)O)[C@@H](C)O)[C@@H](C)O)C(=O)N[C@@H](Cc1ccc(O)cc1)C(=O)N[C@@H](Cc1ccc(O)cc1)C(=O)N[C@@H](CCCNC(=N)N)C(=O)NCC(=O)NCC(=O)O. The van der Waals surface area contributed by atoms with Crippen LogP contribution in [0.5, 0.6) is 11.5 Å². The number of phenols is 2. The summed E-state index contributed by atoms with van der Waals surface area (Å²) in [6, 6.07) is -3.40. The van der Waals surface area contributed by atoms with Gasteiger partial charge in [-0.05, 0) is 94.2 Å². The molecular formula is C55H87N17O17S. The number of rotatable bonds is 39. The predicted octanol–water partition coefficient (Wildman–Crippen LogP) is -6.95. The number of aliphatic carboxylic acids is 1. The van der Waals surface area contributed by atoms with Gasteiger partial charge in [-0.15, -0.1) is 0 Å². The maximum Gasteiger partial charge on any atom is 0.322 e. The highest BCUT2D eigenvalue weighted by Gasteiger charge is 2.38. The number of carbonyl (C=O) groups is 11. The van der Waals surface area contributed by atoms with Gasteiger partial charge in [-0.2, -0.15) is 12.6 Å². The van der Waals surface area contributed by atoms with E-state index in [1.54, 1.807) is 13.8 Å². The lowest BCUT2D eigenvalue weighted by atomic mass is 9.99. The van der Waals surface area contributed by atoms with E-state index >= 15 is 0 Å². The third-order valence-corrected chi connectivity index (χ3v) is 13.6. The van der Waals surface area contributed by atoms with Gasteiger partial charge in [0.05, 0.1) is 30.9 Å². The van der Waals surface area contributed by atoms with E-state index in [1.807, 2.05) is 0 Å². The molecular weight excluding hydrogens is 1200 g/mol. The van der Waals surface area contributed by atoms with Crippen LogP contribution in [0.1, 0.15) is 77.8 Å². The van der Waals surface area contributed by atoms with Gasteiger partial charge < -0.3 is 112 Å². The highest BCUT2D eigenvalue weighted by molar-refractivity contribution is 7.80. The Bertz CT molecular complexity index is 2780. The summed E-state index contributed by atoms with van der Waals surface area (Å²) in [6.45, 7) is 5.32. The molecule has 34 nitrogen and oxygen atoms in total. The van der Waals surface area contributed by atoms with E-state index in [1.165, 1.54) is 48.5 Å². The van der Waals surface area contributed by atoms with Crippen molar-refractivity contribution in [1.82, 2.24) is 63.8 Å². The normalized spacial score (nSPS) is 15.0. The lowest BCUT2D eigenvalue weighted by Crippen LogP contribution is -2.64. The molecule has 500 valence electrons. The Morgan fingerprint density at radius 2 is 0.811 bits per heavy atom. The first-order valence-corrected chi connectivity index (χ1v) is 29.2. The quantitative estimate of drug-likeness (QED) is 0.0128. The van der Waals surface area contributed by atoms with Gasteiger partial charge >= 0.3 is 5.97 Å². The number of thiol groups is 1. The number of benzene rings is 2. The molecule has 0 aliphatic rings. The summed E-state index contributed by atoms with van der Waals surface area (Å²) in [7, 11) is 0. The summed E-state index contributed by atoms with van der Waals surface area (Å²) in [5.74, 6) is -13.2. The largest absolute Gasteiger partial charge is 0.508 e. The Morgan fingerprint density at radius 3 is 1.19 bits per heavy atom. The van der Waals surface area contributed by atoms with E-state index in [-0.39, 0.29) is 81.2 Å². The molecule has 10 amide bonds. The summed E-state index contributed by atoms with van der Waals surface area (Å²) in [5, 5.41) is 105. The lowest BCUT2D eigenvalue weighted by molar-refractivity contribution is -0.139. The van der Waals surface area contributed by atoms with Crippen LogP contribution in [0.3, 0.4) is 0 Å². The van der Waals surface area contributed by atoms with Gasteiger partial charge in [-0.3, -0.25) is 63.6 Å². The van der Waals surface area contributed by atoms with Crippen molar-refractivity contribution in [2.24, 2.45) is 23.1 Å². The van der Waals surface area contributed by atoms with Crippen molar-refractivity contribution in [3.63, 3.8) is 0 Å². The Balaban J connectivity index is 2.61. The van der Waals surface area contributed by atoms with Crippen molar-refractivity contribution in [2.75, 3.05) is 31.9 Å². The average Bonchev–Trinajstić information content (AvgIpc) is 1.53. The number of carboxylic acid groups (broad SMARTS) is 1. The molecule has 0 bridgehead atoms. The van der Waals surface area contributed by atoms with Gasteiger partial charge in [-0.25, -0.2) is 0 Å². The molecule has 0 aliphatic heterocycles. The van der Waals surface area contributed by atoms with Gasteiger partial charge in [0.25, 0.3) is 0 Å². The Labute approximate surface area is 524 Å². The molecule has 0 radical (unpaired) electrons. The lowest BCUT2D eigenvalue weighted by Gasteiger charge is -2.30. The first-order valence-electron chi connectivity index (χ1n) is 28.5. The van der Waals surface area contributed by atoms with Crippen molar-refractivity contribution in [3.05, 3.63) is 59.7 Å². The zero-order valence-corrected chi connectivity index (χ0v) is 51.4. The smallest absolute Gasteiger partial charge is 0.322 e. The number of aromatic hydroxyl groups is 2. The van der Waals surface area contributed by atoms with E-state index in [0.29, 0.717) is 11.1 Å². The van der Waals surface area contributed by atoms with Crippen LogP contribution in [-0.4, -0.2) is 212 Å². The first kappa shape index (κ1) is 77.0. The molecule has 0 saturated heterocycles. The molecule has 2 rings (SSSR count). The van der Waals surface area contributed by atoms with Crippen LogP contribution in [0, 0.1) is 16.7 Å². The molecule has 2 aromatic rings. The minimum atomic E-state index is -1.92. The van der Waals surface area contributed by atoms with Gasteiger partial charge in [0.15, 0.2) is 11.9 Å². The summed E-state index contributed by atoms with van der Waals surface area (Å²) in [5.41, 5.74) is 17.3. The molecule has 12 atom stereocenters. The maximum atomic E-state index is 14.8. The Kier molecular flexibility index (Phi) is 33.4. The van der Waals surface area contributed by atoms with E-state index in [9.17, 15) is 78.3 Å². The van der Waals surface area contributed by atoms with Crippen molar-refractivity contribution in [2.45, 2.75) is 152 Å². The second-order valence-electron chi connectivity index (χ2n) is 21.5. The number of phenolic OH excluding ortho intramolecular Hbond substituents is 2. The molecule has 26 N–H and O–H groups in total. The van der Waals surface area contributed by atoms with Crippen LogP contribution in [-0.2, 0) is 65.6 Å². The first-order chi connectivity index (χ1) is 42.2. The molecule has 2 aromatic carbocycles. The number of hydrogen-bond donors (Lipinski definition) is 24. The highest BCUT2D eigenvalue weighted by atomic mass is 32.1. The second-order valence-corrected chi connectivity index (χ2v) is 21.9. The molecule has 0 heterocycles. The standard InChI is InChI=1S/C55H87N17O17S/c1-26(2)20-37(67-47(83)36(9-7-19-62-55(59)60)66-51(87)42(27(3)73)71-53(89)44(29(5)75)72-52(88)43(28(4)74)70-45(81)34(56)25-90)48(84)68-39(22-31-12-16-33(77)17-13-31)50(86)69-38(21-30-10-14-32(76)15-11-30)49(85)65-35(8-6-18-61-54(57)58)46(82)64-23-40(78)63-24-41(79)80/h10-17,26-29,34-39,42-44,73-77,90H,6-9,18-25,56H2,1-5H3,(H,63,78)(H,64,82)(H,65,85)(H,66,87)(H,67,83)(H,68,84)(H,69,86)(H,70,81)(H,71,89)(H,72,88)(H,79,80)(H4,57,58,61)(H4,59,60,62)/t27-,28-,29-,34+,35+,36+,37+,38+,39+,42+,43+,44+/m1/s1. The number of nitrogens with two attached hydrogens (primary N) is 3. The minimum Gasteiger partial charge on any atom is -0.508 e. The second kappa shape index (κ2) is 39.1. The molecule has 0 spiro atoms. The van der Waals surface area contributed by atoms with Crippen LogP contribution >= 0.6 is 12.6 Å². The number of aliphatic hydroxyl groups excluding tert-OH is 3. The number of carboxylic acids is 1. The van der Waals surface area contributed by atoms with Gasteiger partial charge in [0.1, 0.15) is 66.4 Å². The van der Waals surface area contributed by atoms with E-state index in [2.05, 4.69) is 76.4 Å². The summed E-state index contributed by atoms with van der Waals surface area (Å²) >= 11 is 3.94. The monoisotopic (exact) mass is 1290 g/mol. The minimum absolute atomic E-state index is 0.0166. The maximum absolute atomic E-state index is 14.8. The van der Waals surface area contributed by atoms with E-state index in [4.69, 9.17) is 33.1 Å². The zero-order chi connectivity index (χ0) is 67.9. The van der Waals surface area contributed by atoms with Crippen molar-refractivity contribution >= 4 is 89.6 Å². The van der Waals surface area contributed by atoms with Crippen LogP contribution in [0.15, 0.2) is 48.5 Å². The highest BCUT2D eigenvalue weighted by Crippen LogP contribution is 2.16. The topological polar surface area (TPSA) is 579 Å². The summed E-state index contributed by atoms with van der Waals surface area (Å²) < 4.78 is 0. The summed E-state index contributed by atoms with van der Waals surface area (Å²) in [4.78, 5) is 149. The number of nitrogens with one attached hydrogen (secondary N) is 14. The number of guanidine groups is 2. The van der Waals surface area contributed by atoms with Crippen LogP contribution in [0.4, 0.5) is 0 Å². The molecule has 90 heavy (non-hydrogen) atoms. The van der Waals surface area contributed by atoms with Crippen molar-refractivity contribution < 1.29 is 83.4 Å². The molecule has 0 aromatic heterocycles. The fourth-order valence-corrected chi connectivity index (χ4v) is 8.54. The van der Waals surface area contributed by atoms with Crippen molar-refractivity contribution in [1.29, 1.82) is 10.8 Å². The summed E-state index contributed by atoms with van der Waals surface area (Å²) in [6.07, 6.45) is -5.99. The van der Waals surface area contributed by atoms with Gasteiger partial charge in [-0.1, -0.05) is 38.1 Å². The zero-order valence-electron chi connectivity index (χ0n) is 50.5. The van der Waals surface area contributed by atoms with E-state index < -0.39 is 163 Å². The number of aliphatic hydroxyl groups is 3. The van der Waals surface area contributed by atoms with Gasteiger partial charge in [0.2, 0.25) is 59.1 Å². The molecule has 0 saturated carbocycles. The van der Waals surface area contributed by atoms with E-state index in [0.717, 1.165) is 20.8 Å². The predicted molar refractivity (Wildman–Crippen MR) is 327 cm³/mol. The Hall–Kier alpha value is -9.06. The van der Waals surface area contributed by atoms with Crippen LogP contribution < -0.4 is 81.0 Å².